The largest absolute Gasteiger partial charge is 0.350 e. The zero-order valence-electron chi connectivity index (χ0n) is 11.1. The molecule has 1 aromatic carbocycles. The Morgan fingerprint density at radius 3 is 2.74 bits per heavy atom. The minimum Gasteiger partial charge on any atom is -0.350 e. The second-order valence-corrected chi connectivity index (χ2v) is 5.38. The van der Waals surface area contributed by atoms with Gasteiger partial charge >= 0.3 is 0 Å². The molecule has 0 bridgehead atoms. The lowest BCUT2D eigenvalue weighted by Crippen LogP contribution is -2.49. The number of rotatable bonds is 1. The summed E-state index contributed by atoms with van der Waals surface area (Å²) in [6, 6.07) is 8.02. The van der Waals surface area contributed by atoms with E-state index in [0.29, 0.717) is 12.8 Å². The summed E-state index contributed by atoms with van der Waals surface area (Å²) in [5.41, 5.74) is 1.47. The fraction of sp³-hybridized carbons (Fsp3) is 0.333. The fourth-order valence-electron chi connectivity index (χ4n) is 2.84. The van der Waals surface area contributed by atoms with Gasteiger partial charge in [0.05, 0.1) is 5.41 Å². The number of carbonyl (C=O) groups excluding carboxylic acids is 2. The third-order valence-corrected chi connectivity index (χ3v) is 4.10. The number of aromatic nitrogens is 1. The summed E-state index contributed by atoms with van der Waals surface area (Å²) >= 11 is 0. The average Bonchev–Trinajstić information content (AvgIpc) is 2.73. The van der Waals surface area contributed by atoms with Gasteiger partial charge in [-0.15, -0.1) is 0 Å². The second kappa shape index (κ2) is 3.95. The molecule has 2 amide bonds. The molecule has 3 rings (SSSR count). The monoisotopic (exact) mass is 256 g/mol. The number of hydrogen-bond acceptors (Lipinski definition) is 2. The van der Waals surface area contributed by atoms with Crippen LogP contribution in [0.4, 0.5) is 0 Å². The smallest absolute Gasteiger partial charge is 0.237 e. The van der Waals surface area contributed by atoms with Crippen molar-refractivity contribution in [2.24, 2.45) is 7.05 Å². The number of benzene rings is 1. The Hall–Kier alpha value is -2.10. The number of carbonyl (C=O) groups is 2. The van der Waals surface area contributed by atoms with Gasteiger partial charge in [-0.1, -0.05) is 18.2 Å². The zero-order chi connectivity index (χ0) is 13.6. The van der Waals surface area contributed by atoms with Crippen LogP contribution in [-0.2, 0) is 22.1 Å². The Bertz CT molecular complexity index is 687. The summed E-state index contributed by atoms with van der Waals surface area (Å²) in [5.74, 6) is -0.372. The summed E-state index contributed by atoms with van der Waals surface area (Å²) in [4.78, 5) is 23.6. The summed E-state index contributed by atoms with van der Waals surface area (Å²) in [6.07, 6.45) is 2.96. The molecule has 1 saturated heterocycles. The van der Waals surface area contributed by atoms with Crippen LogP contribution in [0.2, 0.25) is 0 Å². The summed E-state index contributed by atoms with van der Waals surface area (Å²) in [7, 11) is 1.97. The molecule has 19 heavy (non-hydrogen) atoms. The van der Waals surface area contributed by atoms with Gasteiger partial charge < -0.3 is 4.57 Å². The first kappa shape index (κ1) is 12.0. The van der Waals surface area contributed by atoms with Crippen LogP contribution < -0.4 is 5.32 Å². The van der Waals surface area contributed by atoms with Crippen LogP contribution in [0.15, 0.2) is 30.5 Å². The number of nitrogens with one attached hydrogen (secondary N) is 1. The van der Waals surface area contributed by atoms with Crippen molar-refractivity contribution in [3.05, 3.63) is 36.0 Å². The second-order valence-electron chi connectivity index (χ2n) is 5.38. The molecule has 1 atom stereocenters. The van der Waals surface area contributed by atoms with Crippen molar-refractivity contribution in [3.8, 4) is 0 Å². The zero-order valence-corrected chi connectivity index (χ0v) is 11.1. The van der Waals surface area contributed by atoms with Gasteiger partial charge in [0.15, 0.2) is 0 Å². The predicted molar refractivity (Wildman–Crippen MR) is 72.7 cm³/mol. The maximum atomic E-state index is 12.2. The SMILES string of the molecule is Cn1cc(C2(C)CCC(=O)NC2=O)c2ccccc21. The van der Waals surface area contributed by atoms with E-state index in [1.807, 2.05) is 49.0 Å². The van der Waals surface area contributed by atoms with Gasteiger partial charge in [-0.2, -0.15) is 0 Å². The minimum absolute atomic E-state index is 0.178. The molecule has 4 nitrogen and oxygen atoms in total. The van der Waals surface area contributed by atoms with Gasteiger partial charge in [0.25, 0.3) is 0 Å². The van der Waals surface area contributed by atoms with Crippen molar-refractivity contribution in [1.29, 1.82) is 0 Å². The lowest BCUT2D eigenvalue weighted by atomic mass is 9.75. The number of para-hydroxylation sites is 1. The third kappa shape index (κ3) is 1.67. The Kier molecular flexibility index (Phi) is 2.49. The molecule has 1 aliphatic heterocycles. The molecule has 0 aliphatic carbocycles. The van der Waals surface area contributed by atoms with E-state index in [4.69, 9.17) is 0 Å². The van der Waals surface area contributed by atoms with Gasteiger partial charge in [-0.05, 0) is 25.0 Å². The van der Waals surface area contributed by atoms with Crippen LogP contribution in [0.1, 0.15) is 25.3 Å². The number of amides is 2. The van der Waals surface area contributed by atoms with Gasteiger partial charge in [0, 0.05) is 30.6 Å². The molecule has 1 aliphatic rings. The Morgan fingerprint density at radius 1 is 1.26 bits per heavy atom. The highest BCUT2D eigenvalue weighted by atomic mass is 16.2. The summed E-state index contributed by atoms with van der Waals surface area (Å²) < 4.78 is 2.03. The van der Waals surface area contributed by atoms with Gasteiger partial charge in [-0.3, -0.25) is 14.9 Å². The molecule has 2 heterocycles. The molecule has 98 valence electrons. The van der Waals surface area contributed by atoms with E-state index in [2.05, 4.69) is 5.32 Å². The van der Waals surface area contributed by atoms with Crippen molar-refractivity contribution < 1.29 is 9.59 Å². The number of nitrogens with zero attached hydrogens (tertiary/aromatic N) is 1. The van der Waals surface area contributed by atoms with E-state index in [1.165, 1.54) is 0 Å². The first-order valence-corrected chi connectivity index (χ1v) is 6.41. The maximum absolute atomic E-state index is 12.2. The standard InChI is InChI=1S/C15H16N2O2/c1-15(8-7-13(18)16-14(15)19)11-9-17(2)12-6-4-3-5-10(11)12/h3-6,9H,7-8H2,1-2H3,(H,16,18,19). The lowest BCUT2D eigenvalue weighted by molar-refractivity contribution is -0.137. The highest BCUT2D eigenvalue weighted by Gasteiger charge is 2.41. The van der Waals surface area contributed by atoms with Crippen LogP contribution in [-0.4, -0.2) is 16.4 Å². The molecule has 1 unspecified atom stereocenters. The van der Waals surface area contributed by atoms with Crippen LogP contribution >= 0.6 is 0 Å². The molecule has 0 saturated carbocycles. The number of aryl methyl sites for hydroxylation is 1. The third-order valence-electron chi connectivity index (χ3n) is 4.10. The first-order valence-electron chi connectivity index (χ1n) is 6.41. The summed E-state index contributed by atoms with van der Waals surface area (Å²) in [5, 5.41) is 3.54. The summed E-state index contributed by atoms with van der Waals surface area (Å²) in [6.45, 7) is 1.91. The lowest BCUT2D eigenvalue weighted by Gasteiger charge is -2.31. The molecule has 0 radical (unpaired) electrons. The van der Waals surface area contributed by atoms with Gasteiger partial charge in [-0.25, -0.2) is 0 Å². The molecule has 1 fully saturated rings. The number of imide groups is 1. The molecule has 4 heteroatoms. The Morgan fingerprint density at radius 2 is 2.00 bits per heavy atom. The topological polar surface area (TPSA) is 51.1 Å². The average molecular weight is 256 g/mol. The van der Waals surface area contributed by atoms with Crippen molar-refractivity contribution in [3.63, 3.8) is 0 Å². The normalized spacial score (nSPS) is 23.7. The molecule has 1 N–H and O–H groups in total. The van der Waals surface area contributed by atoms with Crippen molar-refractivity contribution in [2.45, 2.75) is 25.2 Å². The number of fused-ring (bicyclic) bond motifs is 1. The van der Waals surface area contributed by atoms with Crippen molar-refractivity contribution >= 4 is 22.7 Å². The van der Waals surface area contributed by atoms with E-state index >= 15 is 0 Å². The van der Waals surface area contributed by atoms with E-state index in [0.717, 1.165) is 16.5 Å². The maximum Gasteiger partial charge on any atom is 0.237 e. The van der Waals surface area contributed by atoms with Gasteiger partial charge in [0.2, 0.25) is 11.8 Å². The molecular formula is C15H16N2O2. The number of hydrogen-bond donors (Lipinski definition) is 1. The fourth-order valence-corrected chi connectivity index (χ4v) is 2.84. The molecular weight excluding hydrogens is 240 g/mol. The van der Waals surface area contributed by atoms with E-state index in [9.17, 15) is 9.59 Å². The van der Waals surface area contributed by atoms with Crippen molar-refractivity contribution in [1.82, 2.24) is 9.88 Å². The van der Waals surface area contributed by atoms with E-state index in [1.54, 1.807) is 0 Å². The highest BCUT2D eigenvalue weighted by Crippen LogP contribution is 2.37. The number of piperidine rings is 1. The van der Waals surface area contributed by atoms with Crippen LogP contribution in [0.3, 0.4) is 0 Å². The molecule has 0 spiro atoms. The molecule has 1 aromatic heterocycles. The van der Waals surface area contributed by atoms with E-state index < -0.39 is 5.41 Å². The van der Waals surface area contributed by atoms with E-state index in [-0.39, 0.29) is 11.8 Å². The van der Waals surface area contributed by atoms with Crippen molar-refractivity contribution in [2.75, 3.05) is 0 Å². The Balaban J connectivity index is 2.19. The van der Waals surface area contributed by atoms with Crippen LogP contribution in [0, 0.1) is 0 Å². The predicted octanol–water partition coefficient (Wildman–Crippen LogP) is 1.87. The quantitative estimate of drug-likeness (QED) is 0.792. The van der Waals surface area contributed by atoms with Crippen LogP contribution in [0.5, 0.6) is 0 Å². The molecule has 2 aromatic rings. The van der Waals surface area contributed by atoms with Gasteiger partial charge in [0.1, 0.15) is 0 Å². The highest BCUT2D eigenvalue weighted by molar-refractivity contribution is 6.05. The minimum atomic E-state index is -0.630. The van der Waals surface area contributed by atoms with Crippen LogP contribution in [0.25, 0.3) is 10.9 Å². The Labute approximate surface area is 111 Å². The first-order chi connectivity index (χ1) is 9.02.